The van der Waals surface area contributed by atoms with Crippen LogP contribution in [0.3, 0.4) is 0 Å². The maximum absolute atomic E-state index is 10.9. The lowest BCUT2D eigenvalue weighted by Crippen LogP contribution is -2.21. The van der Waals surface area contributed by atoms with Crippen molar-refractivity contribution in [3.05, 3.63) is 28.8 Å². The number of likely N-dealkylation sites (tertiary alicyclic amines) is 1. The van der Waals surface area contributed by atoms with Crippen molar-refractivity contribution < 1.29 is 9.90 Å². The van der Waals surface area contributed by atoms with Crippen molar-refractivity contribution in [1.82, 2.24) is 9.88 Å². The summed E-state index contributed by atoms with van der Waals surface area (Å²) in [7, 11) is 0. The van der Waals surface area contributed by atoms with Gasteiger partial charge in [-0.25, -0.2) is 9.78 Å². The van der Waals surface area contributed by atoms with E-state index in [9.17, 15) is 4.79 Å². The Kier molecular flexibility index (Phi) is 3.48. The highest BCUT2D eigenvalue weighted by Gasteiger charge is 2.13. The van der Waals surface area contributed by atoms with Crippen LogP contribution in [0.5, 0.6) is 0 Å². The molecule has 4 nitrogen and oxygen atoms in total. The Morgan fingerprint density at radius 1 is 1.37 bits per heavy atom. The second kappa shape index (κ2) is 5.27. The molecule has 0 radical (unpaired) electrons. The molecule has 0 bridgehead atoms. The minimum Gasteiger partial charge on any atom is -0.478 e. The zero-order chi connectivity index (χ0) is 13.2. The Morgan fingerprint density at radius 3 is 2.89 bits per heavy atom. The second-order valence-corrected chi connectivity index (χ2v) is 6.01. The molecule has 0 aliphatic carbocycles. The van der Waals surface area contributed by atoms with E-state index in [1.807, 2.05) is 0 Å². The van der Waals surface area contributed by atoms with Crippen LogP contribution in [-0.2, 0) is 6.42 Å². The van der Waals surface area contributed by atoms with E-state index in [1.165, 1.54) is 25.9 Å². The van der Waals surface area contributed by atoms with Crippen molar-refractivity contribution in [3.8, 4) is 0 Å². The average molecular weight is 276 g/mol. The Morgan fingerprint density at radius 2 is 2.16 bits per heavy atom. The molecule has 1 fully saturated rings. The molecule has 0 atom stereocenters. The van der Waals surface area contributed by atoms with Gasteiger partial charge in [-0.2, -0.15) is 0 Å². The maximum atomic E-state index is 10.9. The van der Waals surface area contributed by atoms with Crippen LogP contribution >= 0.6 is 11.3 Å². The number of carboxylic acid groups (broad SMARTS) is 1. The number of hydrogen-bond donors (Lipinski definition) is 1. The van der Waals surface area contributed by atoms with Gasteiger partial charge in [0.25, 0.3) is 0 Å². The second-order valence-electron chi connectivity index (χ2n) is 4.89. The van der Waals surface area contributed by atoms with Crippen LogP contribution in [0.1, 0.15) is 28.2 Å². The largest absolute Gasteiger partial charge is 0.478 e. The molecule has 0 saturated carbocycles. The molecule has 1 aromatic carbocycles. The molecule has 3 rings (SSSR count). The van der Waals surface area contributed by atoms with E-state index >= 15 is 0 Å². The van der Waals surface area contributed by atoms with Gasteiger partial charge in [0.05, 0.1) is 20.8 Å². The quantitative estimate of drug-likeness (QED) is 0.932. The third-order valence-electron chi connectivity index (χ3n) is 3.52. The monoisotopic (exact) mass is 276 g/mol. The van der Waals surface area contributed by atoms with Crippen molar-refractivity contribution in [1.29, 1.82) is 0 Å². The van der Waals surface area contributed by atoms with E-state index in [4.69, 9.17) is 5.11 Å². The number of carboxylic acids is 1. The molecule has 5 heteroatoms. The first-order valence-corrected chi connectivity index (χ1v) is 7.39. The van der Waals surface area contributed by atoms with Crippen molar-refractivity contribution in [2.24, 2.45) is 0 Å². The zero-order valence-electron chi connectivity index (χ0n) is 10.6. The number of aromatic carboxylic acids is 1. The summed E-state index contributed by atoms with van der Waals surface area (Å²) >= 11 is 1.61. The smallest absolute Gasteiger partial charge is 0.335 e. The third kappa shape index (κ3) is 2.77. The van der Waals surface area contributed by atoms with Gasteiger partial charge in [-0.15, -0.1) is 11.3 Å². The molecule has 100 valence electrons. The van der Waals surface area contributed by atoms with Crippen LogP contribution in [0.2, 0.25) is 0 Å². The van der Waals surface area contributed by atoms with E-state index in [-0.39, 0.29) is 0 Å². The average Bonchev–Trinajstić information content (AvgIpc) is 3.04. The van der Waals surface area contributed by atoms with E-state index < -0.39 is 5.97 Å². The van der Waals surface area contributed by atoms with Crippen molar-refractivity contribution in [2.45, 2.75) is 19.3 Å². The minimum absolute atomic E-state index is 0.335. The summed E-state index contributed by atoms with van der Waals surface area (Å²) in [5.74, 6) is -0.881. The highest BCUT2D eigenvalue weighted by Crippen LogP contribution is 2.24. The molecule has 2 heterocycles. The predicted molar refractivity (Wildman–Crippen MR) is 76.0 cm³/mol. The lowest BCUT2D eigenvalue weighted by Gasteiger charge is -2.12. The lowest BCUT2D eigenvalue weighted by atomic mass is 10.2. The number of thiazole rings is 1. The summed E-state index contributed by atoms with van der Waals surface area (Å²) in [4.78, 5) is 18.0. The van der Waals surface area contributed by atoms with E-state index in [1.54, 1.807) is 29.5 Å². The fraction of sp³-hybridized carbons (Fsp3) is 0.429. The number of nitrogens with zero attached hydrogens (tertiary/aromatic N) is 2. The molecule has 0 unspecified atom stereocenters. The van der Waals surface area contributed by atoms with Crippen molar-refractivity contribution in [3.63, 3.8) is 0 Å². The predicted octanol–water partition coefficient (Wildman–Crippen LogP) is 2.63. The molecule has 19 heavy (non-hydrogen) atoms. The first kappa shape index (κ1) is 12.6. The van der Waals surface area contributed by atoms with Crippen LogP contribution in [0.15, 0.2) is 18.2 Å². The van der Waals surface area contributed by atoms with Gasteiger partial charge in [0.1, 0.15) is 0 Å². The molecule has 0 amide bonds. The first-order valence-electron chi connectivity index (χ1n) is 6.57. The van der Waals surface area contributed by atoms with Crippen molar-refractivity contribution in [2.75, 3.05) is 19.6 Å². The summed E-state index contributed by atoms with van der Waals surface area (Å²) in [6.45, 7) is 3.47. The maximum Gasteiger partial charge on any atom is 0.335 e. The Labute approximate surface area is 115 Å². The summed E-state index contributed by atoms with van der Waals surface area (Å²) in [5.41, 5.74) is 1.24. The van der Waals surface area contributed by atoms with Crippen LogP contribution in [0, 0.1) is 0 Å². The fourth-order valence-electron chi connectivity index (χ4n) is 2.47. The fourth-order valence-corrected chi connectivity index (χ4v) is 3.47. The number of fused-ring (bicyclic) bond motifs is 1. The zero-order valence-corrected chi connectivity index (χ0v) is 11.4. The molecular formula is C14H16N2O2S. The minimum atomic E-state index is -0.881. The molecule has 2 aromatic rings. The standard InChI is InChI=1S/C14H16N2O2S/c17-14(18)10-3-4-11-12(9-10)19-13(15-11)5-8-16-6-1-2-7-16/h3-4,9H,1-2,5-8H2,(H,17,18). The highest BCUT2D eigenvalue weighted by atomic mass is 32.1. The van der Waals surface area contributed by atoms with Gasteiger partial charge in [0.15, 0.2) is 0 Å². The number of aromatic nitrogens is 1. The van der Waals surface area contributed by atoms with E-state index in [0.717, 1.165) is 28.2 Å². The summed E-state index contributed by atoms with van der Waals surface area (Å²) in [6, 6.07) is 5.14. The SMILES string of the molecule is O=C(O)c1ccc2nc(CCN3CCCC3)sc2c1. The Bertz CT molecular complexity index is 603. The molecule has 1 aliphatic heterocycles. The van der Waals surface area contributed by atoms with Gasteiger partial charge in [-0.05, 0) is 44.1 Å². The lowest BCUT2D eigenvalue weighted by molar-refractivity contribution is 0.0697. The van der Waals surface area contributed by atoms with Gasteiger partial charge in [0.2, 0.25) is 0 Å². The number of benzene rings is 1. The molecule has 1 saturated heterocycles. The van der Waals surface area contributed by atoms with Gasteiger partial charge < -0.3 is 10.0 Å². The Balaban J connectivity index is 1.75. The van der Waals surface area contributed by atoms with Gasteiger partial charge in [-0.3, -0.25) is 0 Å². The van der Waals surface area contributed by atoms with Gasteiger partial charge in [0, 0.05) is 13.0 Å². The van der Waals surface area contributed by atoms with Crippen LogP contribution in [0.4, 0.5) is 0 Å². The van der Waals surface area contributed by atoms with Crippen LogP contribution < -0.4 is 0 Å². The van der Waals surface area contributed by atoms with Crippen LogP contribution in [-0.4, -0.2) is 40.6 Å². The molecule has 1 N–H and O–H groups in total. The van der Waals surface area contributed by atoms with Gasteiger partial charge >= 0.3 is 5.97 Å². The van der Waals surface area contributed by atoms with E-state index in [2.05, 4.69) is 9.88 Å². The van der Waals surface area contributed by atoms with Gasteiger partial charge in [-0.1, -0.05) is 0 Å². The topological polar surface area (TPSA) is 53.4 Å². The third-order valence-corrected chi connectivity index (χ3v) is 4.60. The molecular weight excluding hydrogens is 260 g/mol. The molecule has 0 spiro atoms. The first-order chi connectivity index (χ1) is 9.22. The summed E-state index contributed by atoms with van der Waals surface area (Å²) in [5, 5.41) is 10.1. The molecule has 1 aromatic heterocycles. The number of rotatable bonds is 4. The Hall–Kier alpha value is -1.46. The number of hydrogen-bond acceptors (Lipinski definition) is 4. The van der Waals surface area contributed by atoms with Crippen molar-refractivity contribution >= 4 is 27.5 Å². The molecule has 1 aliphatic rings. The van der Waals surface area contributed by atoms with E-state index in [0.29, 0.717) is 5.56 Å². The summed E-state index contributed by atoms with van der Waals surface area (Å²) in [6.07, 6.45) is 3.57. The number of carbonyl (C=O) groups is 1. The summed E-state index contributed by atoms with van der Waals surface area (Å²) < 4.78 is 0.969. The van der Waals surface area contributed by atoms with Crippen LogP contribution in [0.25, 0.3) is 10.2 Å². The highest BCUT2D eigenvalue weighted by molar-refractivity contribution is 7.18. The normalized spacial score (nSPS) is 16.2.